The first-order valence-electron chi connectivity index (χ1n) is 14.1. The number of aromatic nitrogens is 4. The number of nitrogens with one attached hydrogen (secondary N) is 1. The molecule has 1 aliphatic heterocycles. The number of fused-ring (bicyclic) bond motifs is 3. The first-order chi connectivity index (χ1) is 20.5. The largest absolute Gasteiger partial charge is 0.490 e. The number of carbonyl (C=O) groups excluding carboxylic acids is 1. The number of hydrogen-bond donors (Lipinski definition) is 1. The van der Waals surface area contributed by atoms with E-state index in [9.17, 15) is 4.79 Å². The van der Waals surface area contributed by atoms with Gasteiger partial charge in [0.1, 0.15) is 23.6 Å². The molecular weight excluding hydrogens is 573 g/mol. The van der Waals surface area contributed by atoms with E-state index in [-0.39, 0.29) is 12.1 Å². The maximum Gasteiger partial charge on any atom is 0.416 e. The minimum Gasteiger partial charge on any atom is -0.490 e. The molecule has 0 aliphatic carbocycles. The van der Waals surface area contributed by atoms with Crippen LogP contribution in [0.25, 0.3) is 10.9 Å². The highest BCUT2D eigenvalue weighted by atomic mass is 35.5. The van der Waals surface area contributed by atoms with Crippen molar-refractivity contribution in [3.8, 4) is 11.5 Å². The minimum absolute atomic E-state index is 0.0515. The Morgan fingerprint density at radius 3 is 2.52 bits per heavy atom. The summed E-state index contributed by atoms with van der Waals surface area (Å²) in [4.78, 5) is 18.9. The Kier molecular flexibility index (Phi) is 8.35. The first-order valence-corrected chi connectivity index (χ1v) is 14.9. The molecule has 1 aliphatic rings. The summed E-state index contributed by atoms with van der Waals surface area (Å²) in [6, 6.07) is 20.2. The Labute approximate surface area is 254 Å². The van der Waals surface area contributed by atoms with E-state index in [1.807, 2.05) is 53.3 Å². The zero-order chi connectivity index (χ0) is 29.1. The van der Waals surface area contributed by atoms with Crippen LogP contribution in [0, 0.1) is 0 Å². The summed E-state index contributed by atoms with van der Waals surface area (Å²) in [6.07, 6.45) is 6.61. The number of H-pyrrole nitrogens is 1. The third-order valence-corrected chi connectivity index (χ3v) is 8.09. The lowest BCUT2D eigenvalue weighted by Gasteiger charge is -2.35. The first kappa shape index (κ1) is 28.1. The summed E-state index contributed by atoms with van der Waals surface area (Å²) in [5, 5.41) is 10.3. The van der Waals surface area contributed by atoms with Crippen molar-refractivity contribution < 1.29 is 14.3 Å². The molecule has 6 rings (SSSR count). The van der Waals surface area contributed by atoms with E-state index >= 15 is 0 Å². The average molecular weight is 605 g/mol. The molecule has 8 nitrogen and oxygen atoms in total. The van der Waals surface area contributed by atoms with E-state index < -0.39 is 6.09 Å². The normalized spacial score (nSPS) is 15.4. The van der Waals surface area contributed by atoms with Crippen molar-refractivity contribution in [3.63, 3.8) is 0 Å². The van der Waals surface area contributed by atoms with Gasteiger partial charge in [0.05, 0.1) is 6.20 Å². The van der Waals surface area contributed by atoms with Gasteiger partial charge in [0.2, 0.25) is 0 Å². The molecule has 3 aromatic carbocycles. The van der Waals surface area contributed by atoms with Crippen LogP contribution in [0.4, 0.5) is 4.79 Å². The third-order valence-electron chi connectivity index (χ3n) is 7.60. The van der Waals surface area contributed by atoms with Crippen molar-refractivity contribution in [1.82, 2.24) is 24.9 Å². The molecular formula is C32H31Cl2N5O3. The molecule has 0 spiro atoms. The zero-order valence-electron chi connectivity index (χ0n) is 23.2. The van der Waals surface area contributed by atoms with E-state index in [2.05, 4.69) is 22.2 Å². The Balaban J connectivity index is 1.28. The van der Waals surface area contributed by atoms with E-state index in [0.29, 0.717) is 28.8 Å². The number of aromatic amines is 1. The molecule has 0 bridgehead atoms. The molecule has 3 heterocycles. The van der Waals surface area contributed by atoms with E-state index in [4.69, 9.17) is 32.7 Å². The fraction of sp³-hybridized carbons (Fsp3) is 0.281. The molecule has 0 saturated carbocycles. The van der Waals surface area contributed by atoms with Gasteiger partial charge < -0.3 is 14.5 Å². The minimum atomic E-state index is -0.430. The number of hydrogen-bond acceptors (Lipinski definition) is 5. The Morgan fingerprint density at radius 1 is 1.02 bits per heavy atom. The van der Waals surface area contributed by atoms with Gasteiger partial charge in [-0.3, -0.25) is 9.58 Å². The van der Waals surface area contributed by atoms with Gasteiger partial charge in [0, 0.05) is 52.3 Å². The van der Waals surface area contributed by atoms with E-state index in [0.717, 1.165) is 59.3 Å². The quantitative estimate of drug-likeness (QED) is 0.185. The van der Waals surface area contributed by atoms with Gasteiger partial charge >= 0.3 is 6.09 Å². The van der Waals surface area contributed by atoms with Crippen LogP contribution in [0.1, 0.15) is 49.0 Å². The van der Waals surface area contributed by atoms with Gasteiger partial charge in [-0.1, -0.05) is 53.9 Å². The van der Waals surface area contributed by atoms with E-state index in [1.54, 1.807) is 35.4 Å². The lowest BCUT2D eigenvalue weighted by Crippen LogP contribution is -2.42. The molecule has 0 saturated heterocycles. The molecule has 10 heteroatoms. The van der Waals surface area contributed by atoms with Crippen molar-refractivity contribution in [2.24, 2.45) is 0 Å². The molecule has 42 heavy (non-hydrogen) atoms. The maximum absolute atomic E-state index is 13.6. The van der Waals surface area contributed by atoms with Crippen LogP contribution in [0.15, 0.2) is 79.1 Å². The number of carbonyl (C=O) groups is 1. The Morgan fingerprint density at radius 2 is 1.79 bits per heavy atom. The summed E-state index contributed by atoms with van der Waals surface area (Å²) in [7, 11) is 0. The molecule has 2 aromatic heterocycles. The number of rotatable bonds is 9. The van der Waals surface area contributed by atoms with Gasteiger partial charge in [-0.2, -0.15) is 0 Å². The van der Waals surface area contributed by atoms with Crippen LogP contribution in [0.3, 0.4) is 0 Å². The zero-order valence-corrected chi connectivity index (χ0v) is 24.7. The van der Waals surface area contributed by atoms with Gasteiger partial charge in [0.25, 0.3) is 0 Å². The number of nitrogens with zero attached hydrogens (tertiary/aromatic N) is 4. The van der Waals surface area contributed by atoms with Crippen molar-refractivity contribution in [3.05, 3.63) is 106 Å². The van der Waals surface area contributed by atoms with Gasteiger partial charge in [-0.25, -0.2) is 4.79 Å². The van der Waals surface area contributed by atoms with Crippen LogP contribution in [-0.4, -0.2) is 43.6 Å². The number of aryl methyl sites for hydroxylation is 1. The van der Waals surface area contributed by atoms with Crippen LogP contribution >= 0.6 is 23.2 Å². The lowest BCUT2D eigenvalue weighted by atomic mass is 9.92. The van der Waals surface area contributed by atoms with Crippen molar-refractivity contribution in [2.45, 2.75) is 51.3 Å². The maximum atomic E-state index is 13.6. The third kappa shape index (κ3) is 6.10. The number of benzene rings is 3. The molecule has 1 amide bonds. The molecule has 2 unspecified atom stereocenters. The molecule has 0 fully saturated rings. The Hall–Kier alpha value is -4.01. The smallest absolute Gasteiger partial charge is 0.416 e. The summed E-state index contributed by atoms with van der Waals surface area (Å²) in [5.41, 5.74) is 4.04. The number of halogens is 2. The topological polar surface area (TPSA) is 85.3 Å². The summed E-state index contributed by atoms with van der Waals surface area (Å²) < 4.78 is 14.0. The van der Waals surface area contributed by atoms with Gasteiger partial charge in [-0.05, 0) is 78.6 Å². The standard InChI is InChI=1S/C32H31Cl2N5O3/c1-2-3-24(14-17-38-19-16-35-37-38)41-25-9-4-21(5-10-25)31-30-27(28-20-23(34)8-13-29(28)36-30)15-18-39(31)32(40)42-26-11-6-22(33)7-12-26/h4-13,16,19-20,24,31,36H,2-3,14-15,17-18H2,1H3. The van der Waals surface area contributed by atoms with Gasteiger partial charge in [-0.15, -0.1) is 5.10 Å². The molecule has 0 radical (unpaired) electrons. The van der Waals surface area contributed by atoms with Crippen LogP contribution < -0.4 is 9.47 Å². The van der Waals surface area contributed by atoms with Crippen molar-refractivity contribution in [2.75, 3.05) is 6.54 Å². The number of amides is 1. The van der Waals surface area contributed by atoms with Crippen LogP contribution in [0.2, 0.25) is 10.0 Å². The molecule has 5 aromatic rings. The van der Waals surface area contributed by atoms with Gasteiger partial charge in [0.15, 0.2) is 0 Å². The predicted octanol–water partition coefficient (Wildman–Crippen LogP) is 7.85. The fourth-order valence-electron chi connectivity index (χ4n) is 5.60. The fourth-order valence-corrected chi connectivity index (χ4v) is 5.90. The molecule has 2 atom stereocenters. The number of ether oxygens (including phenoxy) is 2. The van der Waals surface area contributed by atoms with Crippen LogP contribution in [-0.2, 0) is 13.0 Å². The summed E-state index contributed by atoms with van der Waals surface area (Å²) in [6.45, 7) is 3.38. The molecule has 216 valence electrons. The van der Waals surface area contributed by atoms with E-state index in [1.165, 1.54) is 0 Å². The summed E-state index contributed by atoms with van der Waals surface area (Å²) in [5.74, 6) is 1.22. The second-order valence-corrected chi connectivity index (χ2v) is 11.3. The summed E-state index contributed by atoms with van der Waals surface area (Å²) >= 11 is 12.4. The highest BCUT2D eigenvalue weighted by molar-refractivity contribution is 6.31. The average Bonchev–Trinajstić information content (AvgIpc) is 3.65. The molecule has 1 N–H and O–H groups in total. The predicted molar refractivity (Wildman–Crippen MR) is 163 cm³/mol. The van der Waals surface area contributed by atoms with Crippen molar-refractivity contribution in [1.29, 1.82) is 0 Å². The second-order valence-electron chi connectivity index (χ2n) is 10.4. The Bertz CT molecular complexity index is 1650. The highest BCUT2D eigenvalue weighted by Crippen LogP contribution is 2.40. The second kappa shape index (κ2) is 12.5. The van der Waals surface area contributed by atoms with Crippen molar-refractivity contribution >= 4 is 40.2 Å². The SMILES string of the molecule is CCCC(CCn1ccnn1)Oc1ccc(C2c3[nH]c4ccc(Cl)cc4c3CCN2C(=O)Oc2ccc(Cl)cc2)cc1. The van der Waals surface area contributed by atoms with Crippen LogP contribution in [0.5, 0.6) is 11.5 Å². The highest BCUT2D eigenvalue weighted by Gasteiger charge is 2.36. The lowest BCUT2D eigenvalue weighted by molar-refractivity contribution is 0.135. The monoisotopic (exact) mass is 603 g/mol.